The van der Waals surface area contributed by atoms with Gasteiger partial charge in [-0.15, -0.1) is 5.10 Å². The monoisotopic (exact) mass is 249 g/mol. The van der Waals surface area contributed by atoms with Gasteiger partial charge in [0.25, 0.3) is 0 Å². The fraction of sp³-hybridized carbons (Fsp3) is 0.0714. The van der Waals surface area contributed by atoms with Crippen LogP contribution in [0.3, 0.4) is 0 Å². The van der Waals surface area contributed by atoms with Gasteiger partial charge in [-0.3, -0.25) is 5.10 Å². The maximum Gasteiger partial charge on any atom is 0.163 e. The number of hydrogen-bond acceptors (Lipinski definition) is 3. The molecule has 5 nitrogen and oxygen atoms in total. The first-order chi connectivity index (χ1) is 9.34. The van der Waals surface area contributed by atoms with E-state index in [1.807, 2.05) is 48.1 Å². The molecule has 92 valence electrons. The van der Waals surface area contributed by atoms with Crippen molar-refractivity contribution in [3.63, 3.8) is 0 Å². The first-order valence-corrected chi connectivity index (χ1v) is 6.07. The van der Waals surface area contributed by atoms with E-state index < -0.39 is 0 Å². The minimum absolute atomic E-state index is 0.872. The minimum atomic E-state index is 0.872. The lowest BCUT2D eigenvalue weighted by atomic mass is 10.2. The van der Waals surface area contributed by atoms with E-state index in [0.29, 0.717) is 0 Å². The number of nitrogens with one attached hydrogen (secondary N) is 1. The second-order valence-electron chi connectivity index (χ2n) is 4.51. The van der Waals surface area contributed by atoms with Gasteiger partial charge in [0.05, 0.1) is 17.3 Å². The predicted octanol–water partition coefficient (Wildman–Crippen LogP) is 2.61. The molecule has 0 fully saturated rings. The summed E-state index contributed by atoms with van der Waals surface area (Å²) in [7, 11) is 0. The van der Waals surface area contributed by atoms with Crippen molar-refractivity contribution in [1.29, 1.82) is 0 Å². The van der Waals surface area contributed by atoms with Crippen LogP contribution in [0, 0.1) is 6.92 Å². The van der Waals surface area contributed by atoms with Gasteiger partial charge in [-0.05, 0) is 19.1 Å². The first-order valence-electron chi connectivity index (χ1n) is 6.07. The number of hydrogen-bond donors (Lipinski definition) is 1. The zero-order chi connectivity index (χ0) is 12.8. The summed E-state index contributed by atoms with van der Waals surface area (Å²) < 4.78 is 1.97. The van der Waals surface area contributed by atoms with Crippen molar-refractivity contribution in [2.75, 3.05) is 0 Å². The van der Waals surface area contributed by atoms with Crippen molar-refractivity contribution in [3.05, 3.63) is 48.4 Å². The van der Waals surface area contributed by atoms with Gasteiger partial charge in [-0.1, -0.05) is 18.2 Å². The molecule has 5 heteroatoms. The summed E-state index contributed by atoms with van der Waals surface area (Å²) in [6.07, 6.45) is 3.55. The van der Waals surface area contributed by atoms with Crippen molar-refractivity contribution in [2.45, 2.75) is 6.92 Å². The van der Waals surface area contributed by atoms with Crippen molar-refractivity contribution in [1.82, 2.24) is 25.0 Å². The van der Waals surface area contributed by atoms with Gasteiger partial charge in [0.15, 0.2) is 5.65 Å². The lowest BCUT2D eigenvalue weighted by Crippen LogP contribution is -1.97. The van der Waals surface area contributed by atoms with Crippen LogP contribution in [0.5, 0.6) is 0 Å². The Morgan fingerprint density at radius 1 is 1.11 bits per heavy atom. The highest BCUT2D eigenvalue weighted by atomic mass is 15.3. The quantitative estimate of drug-likeness (QED) is 0.564. The molecule has 0 radical (unpaired) electrons. The molecule has 19 heavy (non-hydrogen) atoms. The van der Waals surface area contributed by atoms with Crippen molar-refractivity contribution in [2.24, 2.45) is 0 Å². The van der Waals surface area contributed by atoms with Crippen molar-refractivity contribution >= 4 is 21.9 Å². The Morgan fingerprint density at radius 2 is 1.95 bits per heavy atom. The lowest BCUT2D eigenvalue weighted by molar-refractivity contribution is 0.878. The number of nitrogens with zero attached hydrogens (tertiary/aromatic N) is 4. The Kier molecular flexibility index (Phi) is 1.97. The smallest absolute Gasteiger partial charge is 0.163 e. The number of para-hydroxylation sites is 1. The van der Waals surface area contributed by atoms with E-state index in [2.05, 4.69) is 20.3 Å². The lowest BCUT2D eigenvalue weighted by Gasteiger charge is -2.03. The highest BCUT2D eigenvalue weighted by Gasteiger charge is 2.13. The minimum Gasteiger partial charge on any atom is -0.296 e. The summed E-state index contributed by atoms with van der Waals surface area (Å²) in [5.41, 5.74) is 3.86. The number of rotatable bonds is 1. The molecule has 0 saturated carbocycles. The average molecular weight is 249 g/mol. The third-order valence-corrected chi connectivity index (χ3v) is 3.30. The van der Waals surface area contributed by atoms with E-state index in [0.717, 1.165) is 33.3 Å². The number of aryl methyl sites for hydroxylation is 1. The van der Waals surface area contributed by atoms with Crippen LogP contribution in [-0.4, -0.2) is 25.0 Å². The maximum absolute atomic E-state index is 4.53. The summed E-state index contributed by atoms with van der Waals surface area (Å²) in [5.74, 6) is 0. The predicted molar refractivity (Wildman–Crippen MR) is 73.3 cm³/mol. The molecule has 0 atom stereocenters. The van der Waals surface area contributed by atoms with Gasteiger partial charge in [-0.2, -0.15) is 5.10 Å². The normalized spacial score (nSPS) is 11.4. The Balaban J connectivity index is 2.14. The topological polar surface area (TPSA) is 59.4 Å². The average Bonchev–Trinajstić information content (AvgIpc) is 3.04. The Hall–Kier alpha value is -2.69. The number of benzene rings is 1. The van der Waals surface area contributed by atoms with Crippen molar-refractivity contribution < 1.29 is 0 Å². The van der Waals surface area contributed by atoms with Crippen LogP contribution in [0.4, 0.5) is 0 Å². The molecule has 0 spiro atoms. The second kappa shape index (κ2) is 3.65. The molecule has 4 rings (SSSR count). The molecule has 0 amide bonds. The molecule has 1 N–H and O–H groups in total. The van der Waals surface area contributed by atoms with E-state index in [1.54, 1.807) is 6.20 Å². The van der Waals surface area contributed by atoms with Gasteiger partial charge < -0.3 is 0 Å². The molecule has 4 aromatic rings. The van der Waals surface area contributed by atoms with Gasteiger partial charge in [-0.25, -0.2) is 9.67 Å². The molecular weight excluding hydrogens is 238 g/mol. The summed E-state index contributed by atoms with van der Waals surface area (Å²) >= 11 is 0. The van der Waals surface area contributed by atoms with Gasteiger partial charge in [0.1, 0.15) is 5.52 Å². The second-order valence-corrected chi connectivity index (χ2v) is 4.51. The van der Waals surface area contributed by atoms with Crippen LogP contribution in [0.15, 0.2) is 42.7 Å². The highest BCUT2D eigenvalue weighted by Crippen LogP contribution is 2.26. The first kappa shape index (κ1) is 10.3. The van der Waals surface area contributed by atoms with Gasteiger partial charge in [0, 0.05) is 17.3 Å². The summed E-state index contributed by atoms with van der Waals surface area (Å²) in [4.78, 5) is 4.53. The number of aromatic amines is 1. The van der Waals surface area contributed by atoms with Crippen LogP contribution in [0.2, 0.25) is 0 Å². The number of fused-ring (bicyclic) bond motifs is 3. The Labute approximate surface area is 108 Å². The van der Waals surface area contributed by atoms with Crippen LogP contribution in [-0.2, 0) is 0 Å². The molecule has 1 aromatic carbocycles. The Morgan fingerprint density at radius 3 is 2.79 bits per heavy atom. The van der Waals surface area contributed by atoms with E-state index in [1.165, 1.54) is 0 Å². The van der Waals surface area contributed by atoms with Crippen LogP contribution < -0.4 is 0 Å². The molecule has 0 bridgehead atoms. The fourth-order valence-corrected chi connectivity index (χ4v) is 2.41. The number of pyridine rings is 1. The molecular formula is C14H11N5. The zero-order valence-corrected chi connectivity index (χ0v) is 10.3. The summed E-state index contributed by atoms with van der Waals surface area (Å²) in [6.45, 7) is 2.03. The molecule has 0 saturated heterocycles. The van der Waals surface area contributed by atoms with E-state index in [9.17, 15) is 0 Å². The largest absolute Gasteiger partial charge is 0.296 e. The number of H-pyrrole nitrogens is 1. The summed E-state index contributed by atoms with van der Waals surface area (Å²) in [5, 5.41) is 13.5. The van der Waals surface area contributed by atoms with E-state index >= 15 is 0 Å². The molecule has 0 aliphatic carbocycles. The Bertz CT molecular complexity index is 873. The molecule has 0 unspecified atom stereocenters. The van der Waals surface area contributed by atoms with Crippen LogP contribution in [0.1, 0.15) is 5.69 Å². The highest BCUT2D eigenvalue weighted by molar-refractivity contribution is 6.03. The summed E-state index contributed by atoms with van der Waals surface area (Å²) in [6, 6.07) is 10.1. The number of aromatic nitrogens is 5. The van der Waals surface area contributed by atoms with Gasteiger partial charge >= 0.3 is 0 Å². The third kappa shape index (κ3) is 1.38. The molecule has 0 aliphatic rings. The van der Waals surface area contributed by atoms with Crippen molar-refractivity contribution in [3.8, 4) is 5.69 Å². The van der Waals surface area contributed by atoms with Crippen LogP contribution in [0.25, 0.3) is 27.6 Å². The fourth-order valence-electron chi connectivity index (χ4n) is 2.41. The maximum atomic E-state index is 4.53. The van der Waals surface area contributed by atoms with E-state index in [-0.39, 0.29) is 0 Å². The molecule has 3 aromatic heterocycles. The SMILES string of the molecule is Cc1[nH]n(-c2ccccc2)c2ncc3cnnc3c12. The molecule has 0 aliphatic heterocycles. The zero-order valence-electron chi connectivity index (χ0n) is 10.3. The standard InChI is InChI=1S/C14H11N5/c1-9-12-13-10(8-16-17-13)7-15-14(12)19(18-9)11-5-3-2-4-6-11/h2-8,18H,1H3. The van der Waals surface area contributed by atoms with E-state index in [4.69, 9.17) is 0 Å². The van der Waals surface area contributed by atoms with Crippen LogP contribution >= 0.6 is 0 Å². The molecule has 3 heterocycles. The van der Waals surface area contributed by atoms with Gasteiger partial charge in [0.2, 0.25) is 0 Å². The third-order valence-electron chi connectivity index (χ3n) is 3.30.